The average molecular weight is 609 g/mol. The number of amidine groups is 1. The van der Waals surface area contributed by atoms with E-state index < -0.39 is 24.0 Å². The molecule has 210 valence electrons. The summed E-state index contributed by atoms with van der Waals surface area (Å²) >= 11 is 19.4. The number of hydrogen-bond acceptors (Lipinski definition) is 5. The van der Waals surface area contributed by atoms with Crippen molar-refractivity contribution in [2.75, 3.05) is 25.0 Å². The number of piperazine rings is 1. The van der Waals surface area contributed by atoms with Crippen LogP contribution in [-0.4, -0.2) is 73.5 Å². The number of carbonyl (C=O) groups excluding carboxylic acids is 1. The summed E-state index contributed by atoms with van der Waals surface area (Å²) in [7, 11) is 0. The van der Waals surface area contributed by atoms with Gasteiger partial charge in [-0.2, -0.15) is 4.99 Å². The monoisotopic (exact) mass is 607 g/mol. The van der Waals surface area contributed by atoms with Crippen molar-refractivity contribution in [3.05, 3.63) is 69.1 Å². The van der Waals surface area contributed by atoms with Crippen LogP contribution >= 0.6 is 34.8 Å². The van der Waals surface area contributed by atoms with Crippen molar-refractivity contribution in [3.8, 4) is 11.3 Å². The highest BCUT2D eigenvalue weighted by Crippen LogP contribution is 2.33. The lowest BCUT2D eigenvalue weighted by Gasteiger charge is -2.40. The van der Waals surface area contributed by atoms with Crippen molar-refractivity contribution >= 4 is 58.5 Å². The van der Waals surface area contributed by atoms with Crippen LogP contribution in [0, 0.1) is 5.82 Å². The standard InChI is InChI=1S/C26H25Cl3FN7O3/c1-13(2)19-21(23(29)32-12-31-19)34-25(38)35-24(37-9-8-36(26(39)40)11-14(37)3)16-10-17(27)20(33-22(16)28)15-6-4-5-7-18(15)30/h4-7,10,12-14H,8-9,11H2,1-3H3,(H,34,38)(H,39,40)/b35-24+/t14-/m0/s1. The van der Waals surface area contributed by atoms with E-state index in [4.69, 9.17) is 34.8 Å². The predicted octanol–water partition coefficient (Wildman–Crippen LogP) is 6.42. The first-order valence-corrected chi connectivity index (χ1v) is 13.4. The molecule has 1 atom stereocenters. The van der Waals surface area contributed by atoms with Gasteiger partial charge in [0.15, 0.2) is 5.15 Å². The number of nitrogens with one attached hydrogen (secondary N) is 1. The third kappa shape index (κ3) is 6.27. The largest absolute Gasteiger partial charge is 0.465 e. The number of amides is 3. The number of carbonyl (C=O) groups is 2. The minimum absolute atomic E-state index is 0.0456. The van der Waals surface area contributed by atoms with Gasteiger partial charge in [-0.3, -0.25) is 0 Å². The van der Waals surface area contributed by atoms with E-state index in [0.29, 0.717) is 5.69 Å². The van der Waals surface area contributed by atoms with Gasteiger partial charge in [-0.1, -0.05) is 60.8 Å². The van der Waals surface area contributed by atoms with Crippen LogP contribution in [0.25, 0.3) is 11.3 Å². The highest BCUT2D eigenvalue weighted by molar-refractivity contribution is 6.37. The molecule has 40 heavy (non-hydrogen) atoms. The summed E-state index contributed by atoms with van der Waals surface area (Å²) in [4.78, 5) is 44.7. The number of carboxylic acid groups (broad SMARTS) is 1. The van der Waals surface area contributed by atoms with Crippen molar-refractivity contribution in [1.29, 1.82) is 0 Å². The lowest BCUT2D eigenvalue weighted by molar-refractivity contribution is 0.106. The number of benzene rings is 1. The summed E-state index contributed by atoms with van der Waals surface area (Å²) in [5, 5.41) is 12.2. The fourth-order valence-electron chi connectivity index (χ4n) is 4.35. The van der Waals surface area contributed by atoms with Crippen molar-refractivity contribution < 1.29 is 19.1 Å². The Morgan fingerprint density at radius 2 is 1.88 bits per heavy atom. The number of anilines is 1. The minimum Gasteiger partial charge on any atom is -0.465 e. The third-order valence-corrected chi connectivity index (χ3v) is 7.15. The number of aromatic nitrogens is 3. The van der Waals surface area contributed by atoms with Crippen LogP contribution in [-0.2, 0) is 0 Å². The maximum atomic E-state index is 14.5. The third-order valence-electron chi connectivity index (χ3n) is 6.29. The first-order chi connectivity index (χ1) is 19.0. The first-order valence-electron chi connectivity index (χ1n) is 12.2. The Kier molecular flexibility index (Phi) is 9.07. The normalized spacial score (nSPS) is 15.9. The molecule has 3 aromatic rings. The average Bonchev–Trinajstić information content (AvgIpc) is 2.90. The topological polar surface area (TPSA) is 124 Å². The van der Waals surface area contributed by atoms with Gasteiger partial charge in [-0.25, -0.2) is 28.9 Å². The molecule has 2 aromatic heterocycles. The van der Waals surface area contributed by atoms with Crippen LogP contribution in [0.1, 0.15) is 37.9 Å². The number of aliphatic imine (C=N–C) groups is 1. The van der Waals surface area contributed by atoms with Gasteiger partial charge in [-0.05, 0) is 31.0 Å². The van der Waals surface area contributed by atoms with Crippen LogP contribution < -0.4 is 5.32 Å². The number of pyridine rings is 1. The zero-order valence-corrected chi connectivity index (χ0v) is 24.0. The molecule has 0 spiro atoms. The predicted molar refractivity (Wildman–Crippen MR) is 152 cm³/mol. The molecule has 0 saturated carbocycles. The van der Waals surface area contributed by atoms with Crippen LogP contribution in [0.5, 0.6) is 0 Å². The Labute approximate surface area is 244 Å². The highest BCUT2D eigenvalue weighted by atomic mass is 35.5. The second-order valence-corrected chi connectivity index (χ2v) is 10.5. The number of urea groups is 1. The van der Waals surface area contributed by atoms with Crippen molar-refractivity contribution in [2.45, 2.75) is 32.7 Å². The Morgan fingerprint density at radius 3 is 2.52 bits per heavy atom. The molecule has 1 fully saturated rings. The van der Waals surface area contributed by atoms with E-state index in [-0.39, 0.29) is 69.2 Å². The number of rotatable bonds is 4. The van der Waals surface area contributed by atoms with Crippen molar-refractivity contribution in [1.82, 2.24) is 24.8 Å². The van der Waals surface area contributed by atoms with Gasteiger partial charge >= 0.3 is 12.1 Å². The summed E-state index contributed by atoms with van der Waals surface area (Å²) in [5.41, 5.74) is 1.21. The molecule has 4 rings (SSSR count). The molecule has 2 N–H and O–H groups in total. The molecule has 0 bridgehead atoms. The van der Waals surface area contributed by atoms with Crippen LogP contribution in [0.2, 0.25) is 15.3 Å². The molecule has 3 heterocycles. The van der Waals surface area contributed by atoms with Gasteiger partial charge in [0, 0.05) is 31.2 Å². The lowest BCUT2D eigenvalue weighted by Crippen LogP contribution is -2.55. The number of halogens is 4. The summed E-state index contributed by atoms with van der Waals surface area (Å²) in [6, 6.07) is 6.24. The van der Waals surface area contributed by atoms with Crippen molar-refractivity contribution in [2.24, 2.45) is 4.99 Å². The van der Waals surface area contributed by atoms with Gasteiger partial charge in [0.2, 0.25) is 0 Å². The highest BCUT2D eigenvalue weighted by Gasteiger charge is 2.31. The van der Waals surface area contributed by atoms with Gasteiger partial charge in [0.1, 0.15) is 28.8 Å². The second-order valence-electron chi connectivity index (χ2n) is 9.35. The van der Waals surface area contributed by atoms with Gasteiger partial charge < -0.3 is 20.2 Å². The fraction of sp³-hybridized carbons (Fsp3) is 0.308. The molecule has 1 saturated heterocycles. The molecule has 0 radical (unpaired) electrons. The Balaban J connectivity index is 1.79. The first kappa shape index (κ1) is 29.4. The summed E-state index contributed by atoms with van der Waals surface area (Å²) < 4.78 is 14.5. The fourth-order valence-corrected chi connectivity index (χ4v) is 5.02. The molecule has 0 aliphatic carbocycles. The molecule has 1 aliphatic heterocycles. The molecular weight excluding hydrogens is 584 g/mol. The number of hydrogen-bond donors (Lipinski definition) is 2. The van der Waals surface area contributed by atoms with E-state index in [2.05, 4.69) is 25.3 Å². The maximum Gasteiger partial charge on any atom is 0.407 e. The smallest absolute Gasteiger partial charge is 0.407 e. The van der Waals surface area contributed by atoms with Gasteiger partial charge in [0.05, 0.1) is 22.0 Å². The summed E-state index contributed by atoms with van der Waals surface area (Å²) in [6.07, 6.45) is 0.246. The Bertz CT molecular complexity index is 1490. The van der Waals surface area contributed by atoms with E-state index in [1.165, 1.54) is 29.4 Å². The van der Waals surface area contributed by atoms with Gasteiger partial charge in [-0.15, -0.1) is 0 Å². The quantitative estimate of drug-likeness (QED) is 0.151. The summed E-state index contributed by atoms with van der Waals surface area (Å²) in [6.45, 7) is 6.07. The zero-order chi connectivity index (χ0) is 29.1. The Morgan fingerprint density at radius 1 is 1.15 bits per heavy atom. The lowest BCUT2D eigenvalue weighted by atomic mass is 10.1. The van der Waals surface area contributed by atoms with E-state index >= 15 is 0 Å². The number of nitrogens with zero attached hydrogens (tertiary/aromatic N) is 6. The molecule has 14 heteroatoms. The molecular formula is C26H25Cl3FN7O3. The van der Waals surface area contributed by atoms with Crippen molar-refractivity contribution in [3.63, 3.8) is 0 Å². The summed E-state index contributed by atoms with van der Waals surface area (Å²) in [5.74, 6) is -0.504. The van der Waals surface area contributed by atoms with E-state index in [1.807, 2.05) is 13.8 Å². The van der Waals surface area contributed by atoms with Crippen LogP contribution in [0.15, 0.2) is 41.7 Å². The van der Waals surface area contributed by atoms with Gasteiger partial charge in [0.25, 0.3) is 0 Å². The van der Waals surface area contributed by atoms with E-state index in [0.717, 1.165) is 0 Å². The zero-order valence-electron chi connectivity index (χ0n) is 21.7. The minimum atomic E-state index is -1.06. The molecule has 3 amide bonds. The van der Waals surface area contributed by atoms with Crippen LogP contribution in [0.3, 0.4) is 0 Å². The molecule has 1 aliphatic rings. The molecule has 0 unspecified atom stereocenters. The second kappa shape index (κ2) is 12.3. The van der Waals surface area contributed by atoms with E-state index in [9.17, 15) is 19.1 Å². The van der Waals surface area contributed by atoms with E-state index in [1.54, 1.807) is 24.0 Å². The Hall–Kier alpha value is -3.54. The van der Waals surface area contributed by atoms with Crippen LogP contribution in [0.4, 0.5) is 19.7 Å². The molecule has 10 nitrogen and oxygen atoms in total. The maximum absolute atomic E-state index is 14.5. The SMILES string of the molecule is CC(C)c1ncnc(Cl)c1NC(=O)/N=C(\c1cc(Cl)c(-c2ccccc2F)nc1Cl)N1CCN(C(=O)O)C[C@@H]1C. The molecule has 1 aromatic carbocycles.